The van der Waals surface area contributed by atoms with Crippen molar-refractivity contribution in [1.82, 2.24) is 9.88 Å². The van der Waals surface area contributed by atoms with Crippen LogP contribution in [0.2, 0.25) is 0 Å². The summed E-state index contributed by atoms with van der Waals surface area (Å²) in [6.07, 6.45) is 0. The Morgan fingerprint density at radius 1 is 1.10 bits per heavy atom. The number of aromatic hydroxyl groups is 1. The van der Waals surface area contributed by atoms with Crippen molar-refractivity contribution in [1.29, 1.82) is 0 Å². The van der Waals surface area contributed by atoms with E-state index in [1.54, 1.807) is 29.5 Å². The van der Waals surface area contributed by atoms with Gasteiger partial charge in [0.15, 0.2) is 11.5 Å². The number of thiazole rings is 1. The van der Waals surface area contributed by atoms with Crippen molar-refractivity contribution in [3.63, 3.8) is 0 Å². The molecule has 146 valence electrons. The number of fused-ring (bicyclic) bond motifs is 2. The van der Waals surface area contributed by atoms with E-state index in [4.69, 9.17) is 9.72 Å². The average Bonchev–Trinajstić information content (AvgIpc) is 3.05. The molecule has 0 fully saturated rings. The lowest BCUT2D eigenvalue weighted by Crippen LogP contribution is -2.25. The predicted octanol–water partition coefficient (Wildman–Crippen LogP) is 5.20. The van der Waals surface area contributed by atoms with Crippen molar-refractivity contribution in [3.8, 4) is 22.1 Å². The van der Waals surface area contributed by atoms with Gasteiger partial charge in [-0.05, 0) is 30.3 Å². The highest BCUT2D eigenvalue weighted by molar-refractivity contribution is 7.21. The number of aromatic nitrogens is 1. The summed E-state index contributed by atoms with van der Waals surface area (Å²) in [4.78, 5) is 6.83. The zero-order chi connectivity index (χ0) is 19.8. The van der Waals surface area contributed by atoms with Crippen LogP contribution < -0.4 is 4.74 Å². The summed E-state index contributed by atoms with van der Waals surface area (Å²) in [6.45, 7) is 2.14. The lowest BCUT2D eigenvalue weighted by molar-refractivity contribution is 0.215. The second-order valence-electron chi connectivity index (χ2n) is 7.12. The van der Waals surface area contributed by atoms with E-state index in [1.807, 2.05) is 36.4 Å². The summed E-state index contributed by atoms with van der Waals surface area (Å²) in [6, 6.07) is 18.5. The Hall–Kier alpha value is -2.96. The Balaban J connectivity index is 1.49. The van der Waals surface area contributed by atoms with Gasteiger partial charge in [0.25, 0.3) is 0 Å². The number of hydrogen-bond acceptors (Lipinski definition) is 5. The largest absolute Gasteiger partial charge is 0.504 e. The van der Waals surface area contributed by atoms with Crippen LogP contribution in [0.25, 0.3) is 20.8 Å². The molecule has 0 saturated heterocycles. The second kappa shape index (κ2) is 7.46. The Morgan fingerprint density at radius 2 is 1.93 bits per heavy atom. The zero-order valence-electron chi connectivity index (χ0n) is 15.6. The molecule has 5 rings (SSSR count). The maximum absolute atomic E-state index is 14.1. The molecular weight excluding hydrogens is 387 g/mol. The van der Waals surface area contributed by atoms with Crippen molar-refractivity contribution in [2.45, 2.75) is 13.1 Å². The van der Waals surface area contributed by atoms with E-state index in [9.17, 15) is 9.50 Å². The Kier molecular flexibility index (Phi) is 4.66. The predicted molar refractivity (Wildman–Crippen MR) is 113 cm³/mol. The normalized spacial score (nSPS) is 14.4. The standard InChI is InChI=1S/C23H19FN2O2S/c24-18-6-2-1-5-15(18)13-26-9-10-28-22-17(14-26)11-16(12-20(22)27)23-25-19-7-3-4-8-21(19)29-23/h1-8,11-12,27H,9-10,13-14H2. The number of phenolic OH excluding ortho intramolecular Hbond substituents is 1. The van der Waals surface area contributed by atoms with Gasteiger partial charge in [0.1, 0.15) is 17.4 Å². The van der Waals surface area contributed by atoms with Crippen molar-refractivity contribution in [3.05, 3.63) is 77.6 Å². The summed E-state index contributed by atoms with van der Waals surface area (Å²) in [5.41, 5.74) is 3.34. The van der Waals surface area contributed by atoms with Crippen LogP contribution in [0.4, 0.5) is 4.39 Å². The first-order valence-corrected chi connectivity index (χ1v) is 10.3. The smallest absolute Gasteiger partial charge is 0.165 e. The lowest BCUT2D eigenvalue weighted by Gasteiger charge is -2.20. The Bertz CT molecular complexity index is 1160. The van der Waals surface area contributed by atoms with Gasteiger partial charge < -0.3 is 9.84 Å². The molecule has 4 aromatic rings. The molecule has 0 bridgehead atoms. The van der Waals surface area contributed by atoms with E-state index in [0.717, 1.165) is 26.4 Å². The van der Waals surface area contributed by atoms with Crippen LogP contribution in [0.5, 0.6) is 11.5 Å². The molecule has 0 atom stereocenters. The molecule has 1 aromatic heterocycles. The van der Waals surface area contributed by atoms with Crippen LogP contribution >= 0.6 is 11.3 Å². The number of rotatable bonds is 3. The van der Waals surface area contributed by atoms with Gasteiger partial charge in [0.05, 0.1) is 10.2 Å². The van der Waals surface area contributed by atoms with E-state index in [1.165, 1.54) is 6.07 Å². The van der Waals surface area contributed by atoms with Crippen molar-refractivity contribution >= 4 is 21.6 Å². The molecule has 29 heavy (non-hydrogen) atoms. The third-order valence-electron chi connectivity index (χ3n) is 5.09. The first kappa shape index (κ1) is 18.1. The van der Waals surface area contributed by atoms with E-state index >= 15 is 0 Å². The highest BCUT2D eigenvalue weighted by atomic mass is 32.1. The van der Waals surface area contributed by atoms with Crippen LogP contribution in [0, 0.1) is 5.82 Å². The molecule has 6 heteroatoms. The molecule has 0 spiro atoms. The fourth-order valence-electron chi connectivity index (χ4n) is 3.67. The van der Waals surface area contributed by atoms with Crippen LogP contribution in [0.1, 0.15) is 11.1 Å². The van der Waals surface area contributed by atoms with Crippen molar-refractivity contribution in [2.24, 2.45) is 0 Å². The minimum Gasteiger partial charge on any atom is -0.504 e. The quantitative estimate of drug-likeness (QED) is 0.508. The summed E-state index contributed by atoms with van der Waals surface area (Å²) in [7, 11) is 0. The molecule has 1 aliphatic heterocycles. The molecule has 1 aliphatic rings. The fraction of sp³-hybridized carbons (Fsp3) is 0.174. The first-order chi connectivity index (χ1) is 14.2. The first-order valence-electron chi connectivity index (χ1n) is 9.48. The molecule has 1 N–H and O–H groups in total. The number of benzene rings is 3. The maximum Gasteiger partial charge on any atom is 0.165 e. The third-order valence-corrected chi connectivity index (χ3v) is 6.17. The number of hydrogen-bond donors (Lipinski definition) is 1. The second-order valence-corrected chi connectivity index (χ2v) is 8.15. The average molecular weight is 406 g/mol. The van der Waals surface area contributed by atoms with Gasteiger partial charge >= 0.3 is 0 Å². The zero-order valence-corrected chi connectivity index (χ0v) is 16.5. The maximum atomic E-state index is 14.1. The van der Waals surface area contributed by atoms with Gasteiger partial charge in [-0.1, -0.05) is 30.3 Å². The van der Waals surface area contributed by atoms with Gasteiger partial charge in [-0.2, -0.15) is 0 Å². The molecule has 0 aliphatic carbocycles. The van der Waals surface area contributed by atoms with E-state index in [2.05, 4.69) is 4.90 Å². The lowest BCUT2D eigenvalue weighted by atomic mass is 10.1. The minimum absolute atomic E-state index is 0.115. The van der Waals surface area contributed by atoms with E-state index in [0.29, 0.717) is 37.6 Å². The molecule has 0 amide bonds. The van der Waals surface area contributed by atoms with Crippen molar-refractivity contribution < 1.29 is 14.2 Å². The van der Waals surface area contributed by atoms with Crippen LogP contribution in [0.15, 0.2) is 60.7 Å². The SMILES string of the molecule is Oc1cc(-c2nc3ccccc3s2)cc2c1OCCN(Cc1ccccc1F)C2. The number of para-hydroxylation sites is 1. The molecule has 0 saturated carbocycles. The minimum atomic E-state index is -0.205. The van der Waals surface area contributed by atoms with Crippen LogP contribution in [-0.4, -0.2) is 28.1 Å². The molecule has 2 heterocycles. The highest BCUT2D eigenvalue weighted by Gasteiger charge is 2.21. The van der Waals surface area contributed by atoms with Gasteiger partial charge in [-0.3, -0.25) is 4.90 Å². The monoisotopic (exact) mass is 406 g/mol. The molecule has 4 nitrogen and oxygen atoms in total. The highest BCUT2D eigenvalue weighted by Crippen LogP contribution is 2.39. The summed E-state index contributed by atoms with van der Waals surface area (Å²) < 4.78 is 21.0. The summed E-state index contributed by atoms with van der Waals surface area (Å²) >= 11 is 1.59. The molecule has 0 radical (unpaired) electrons. The number of halogens is 1. The molecular formula is C23H19FN2O2S. The van der Waals surface area contributed by atoms with E-state index < -0.39 is 0 Å². The number of nitrogens with zero attached hydrogens (tertiary/aromatic N) is 2. The topological polar surface area (TPSA) is 45.6 Å². The van der Waals surface area contributed by atoms with Crippen LogP contribution in [0.3, 0.4) is 0 Å². The Morgan fingerprint density at radius 3 is 2.79 bits per heavy atom. The van der Waals surface area contributed by atoms with E-state index in [-0.39, 0.29) is 11.6 Å². The summed E-state index contributed by atoms with van der Waals surface area (Å²) in [5, 5.41) is 11.4. The van der Waals surface area contributed by atoms with Gasteiger partial charge in [-0.25, -0.2) is 9.37 Å². The van der Waals surface area contributed by atoms with Gasteiger partial charge in [-0.15, -0.1) is 11.3 Å². The number of ether oxygens (including phenoxy) is 1. The van der Waals surface area contributed by atoms with Crippen molar-refractivity contribution in [2.75, 3.05) is 13.2 Å². The van der Waals surface area contributed by atoms with Gasteiger partial charge in [0, 0.05) is 36.3 Å². The summed E-state index contributed by atoms with van der Waals surface area (Å²) in [5.74, 6) is 0.416. The molecule has 3 aromatic carbocycles. The number of phenols is 1. The van der Waals surface area contributed by atoms with Gasteiger partial charge in [0.2, 0.25) is 0 Å². The third kappa shape index (κ3) is 3.57. The van der Waals surface area contributed by atoms with Crippen LogP contribution in [-0.2, 0) is 13.1 Å². The Labute approximate surface area is 171 Å². The molecule has 0 unspecified atom stereocenters. The fourth-order valence-corrected chi connectivity index (χ4v) is 4.63.